The van der Waals surface area contributed by atoms with Crippen LogP contribution in [0.5, 0.6) is 0 Å². The lowest BCUT2D eigenvalue weighted by Gasteiger charge is -2.24. The molecule has 3 nitrogen and oxygen atoms in total. The van der Waals surface area contributed by atoms with Gasteiger partial charge >= 0.3 is 0 Å². The highest BCUT2D eigenvalue weighted by Crippen LogP contribution is 2.18. The van der Waals surface area contributed by atoms with Crippen molar-refractivity contribution in [3.63, 3.8) is 0 Å². The van der Waals surface area contributed by atoms with Crippen LogP contribution in [0.2, 0.25) is 0 Å². The monoisotopic (exact) mass is 201 g/mol. The standard InChI is InChI=1S/C11H23NO2/c1-5-9(2)10(14)12-8-11(3,4)6-7-13/h9,13H,5-8H2,1-4H3,(H,12,14). The molecule has 0 bridgehead atoms. The lowest BCUT2D eigenvalue weighted by atomic mass is 9.89. The van der Waals surface area contributed by atoms with E-state index in [1.54, 1.807) is 0 Å². The van der Waals surface area contributed by atoms with E-state index < -0.39 is 0 Å². The van der Waals surface area contributed by atoms with Crippen LogP contribution in [0.25, 0.3) is 0 Å². The molecule has 1 unspecified atom stereocenters. The largest absolute Gasteiger partial charge is 0.396 e. The van der Waals surface area contributed by atoms with Gasteiger partial charge in [-0.15, -0.1) is 0 Å². The van der Waals surface area contributed by atoms with Gasteiger partial charge < -0.3 is 10.4 Å². The molecular formula is C11H23NO2. The molecule has 0 aliphatic rings. The molecule has 3 heteroatoms. The maximum Gasteiger partial charge on any atom is 0.222 e. The van der Waals surface area contributed by atoms with Crippen molar-refractivity contribution >= 4 is 5.91 Å². The number of hydrogen-bond donors (Lipinski definition) is 2. The molecule has 0 aromatic rings. The van der Waals surface area contributed by atoms with Gasteiger partial charge in [0.25, 0.3) is 0 Å². The zero-order valence-corrected chi connectivity index (χ0v) is 9.76. The lowest BCUT2D eigenvalue weighted by Crippen LogP contribution is -2.37. The molecule has 84 valence electrons. The third-order valence-corrected chi connectivity index (χ3v) is 2.59. The molecule has 0 aliphatic heterocycles. The summed E-state index contributed by atoms with van der Waals surface area (Å²) in [5.41, 5.74) is -0.0160. The van der Waals surface area contributed by atoms with Crippen molar-refractivity contribution in [1.29, 1.82) is 0 Å². The summed E-state index contributed by atoms with van der Waals surface area (Å²) in [5, 5.41) is 11.7. The summed E-state index contributed by atoms with van der Waals surface area (Å²) in [6, 6.07) is 0. The fourth-order valence-electron chi connectivity index (χ4n) is 1.08. The SMILES string of the molecule is CCC(C)C(=O)NCC(C)(C)CCO. The maximum absolute atomic E-state index is 11.5. The number of amides is 1. The summed E-state index contributed by atoms with van der Waals surface area (Å²) in [6.45, 7) is 8.82. The molecule has 0 aromatic carbocycles. The van der Waals surface area contributed by atoms with Crippen LogP contribution in [0.4, 0.5) is 0 Å². The van der Waals surface area contributed by atoms with Crippen molar-refractivity contribution in [2.24, 2.45) is 11.3 Å². The Hall–Kier alpha value is -0.570. The zero-order chi connectivity index (χ0) is 11.2. The van der Waals surface area contributed by atoms with E-state index in [4.69, 9.17) is 5.11 Å². The Morgan fingerprint density at radius 1 is 1.50 bits per heavy atom. The fourth-order valence-corrected chi connectivity index (χ4v) is 1.08. The van der Waals surface area contributed by atoms with Crippen LogP contribution >= 0.6 is 0 Å². The first kappa shape index (κ1) is 13.4. The van der Waals surface area contributed by atoms with E-state index in [1.165, 1.54) is 0 Å². The summed E-state index contributed by atoms with van der Waals surface area (Å²) in [5.74, 6) is 0.193. The van der Waals surface area contributed by atoms with E-state index in [9.17, 15) is 4.79 Å². The van der Waals surface area contributed by atoms with E-state index in [2.05, 4.69) is 5.32 Å². The molecule has 1 atom stereocenters. The summed E-state index contributed by atoms with van der Waals surface area (Å²) in [6.07, 6.45) is 1.58. The number of nitrogens with one attached hydrogen (secondary N) is 1. The Balaban J connectivity index is 3.87. The van der Waals surface area contributed by atoms with Crippen LogP contribution in [0.15, 0.2) is 0 Å². The van der Waals surface area contributed by atoms with Gasteiger partial charge in [0.1, 0.15) is 0 Å². The van der Waals surface area contributed by atoms with Gasteiger partial charge in [-0.2, -0.15) is 0 Å². The number of rotatable bonds is 6. The van der Waals surface area contributed by atoms with Gasteiger partial charge in [-0.1, -0.05) is 27.7 Å². The van der Waals surface area contributed by atoms with Crippen molar-refractivity contribution in [2.75, 3.05) is 13.2 Å². The number of aliphatic hydroxyl groups excluding tert-OH is 1. The van der Waals surface area contributed by atoms with Gasteiger partial charge in [0.2, 0.25) is 5.91 Å². The van der Waals surface area contributed by atoms with Gasteiger partial charge in [-0.3, -0.25) is 4.79 Å². The van der Waals surface area contributed by atoms with Crippen molar-refractivity contribution in [3.8, 4) is 0 Å². The predicted octanol–water partition coefficient (Wildman–Crippen LogP) is 1.56. The van der Waals surface area contributed by atoms with Crippen molar-refractivity contribution in [1.82, 2.24) is 5.32 Å². The number of carbonyl (C=O) groups is 1. The number of carbonyl (C=O) groups excluding carboxylic acids is 1. The molecule has 1 amide bonds. The second-order valence-corrected chi connectivity index (χ2v) is 4.66. The molecular weight excluding hydrogens is 178 g/mol. The Labute approximate surface area is 86.9 Å². The summed E-state index contributed by atoms with van der Waals surface area (Å²) >= 11 is 0. The molecule has 0 saturated carbocycles. The number of aliphatic hydroxyl groups is 1. The molecule has 0 saturated heterocycles. The quantitative estimate of drug-likeness (QED) is 0.685. The van der Waals surface area contributed by atoms with Crippen LogP contribution in [0.3, 0.4) is 0 Å². The minimum absolute atomic E-state index is 0.0160. The topological polar surface area (TPSA) is 49.3 Å². The zero-order valence-electron chi connectivity index (χ0n) is 9.76. The second kappa shape index (κ2) is 6.02. The highest BCUT2D eigenvalue weighted by atomic mass is 16.3. The average molecular weight is 201 g/mol. The Morgan fingerprint density at radius 3 is 2.50 bits per heavy atom. The van der Waals surface area contributed by atoms with Gasteiger partial charge in [0.15, 0.2) is 0 Å². The first-order chi connectivity index (χ1) is 6.43. The molecule has 0 fully saturated rings. The molecule has 0 spiro atoms. The third-order valence-electron chi connectivity index (χ3n) is 2.59. The Morgan fingerprint density at radius 2 is 2.07 bits per heavy atom. The van der Waals surface area contributed by atoms with Crippen LogP contribution in [-0.2, 0) is 4.79 Å². The Bertz CT molecular complexity index is 178. The summed E-state index contributed by atoms with van der Waals surface area (Å²) in [4.78, 5) is 11.5. The smallest absolute Gasteiger partial charge is 0.222 e. The normalized spacial score (nSPS) is 13.8. The van der Waals surface area contributed by atoms with Crippen LogP contribution in [-0.4, -0.2) is 24.2 Å². The molecule has 0 heterocycles. The maximum atomic E-state index is 11.5. The van der Waals surface area contributed by atoms with Crippen LogP contribution in [0, 0.1) is 11.3 Å². The van der Waals surface area contributed by atoms with Crippen molar-refractivity contribution in [2.45, 2.75) is 40.5 Å². The first-order valence-electron chi connectivity index (χ1n) is 5.31. The van der Waals surface area contributed by atoms with E-state index >= 15 is 0 Å². The van der Waals surface area contributed by atoms with E-state index in [1.807, 2.05) is 27.7 Å². The van der Waals surface area contributed by atoms with Crippen molar-refractivity contribution < 1.29 is 9.90 Å². The van der Waals surface area contributed by atoms with E-state index in [0.29, 0.717) is 13.0 Å². The predicted molar refractivity (Wildman–Crippen MR) is 57.9 cm³/mol. The minimum atomic E-state index is -0.0160. The third kappa shape index (κ3) is 5.22. The number of hydrogen-bond acceptors (Lipinski definition) is 2. The molecule has 2 N–H and O–H groups in total. The van der Waals surface area contributed by atoms with Gasteiger partial charge in [0.05, 0.1) is 0 Å². The van der Waals surface area contributed by atoms with Gasteiger partial charge in [-0.25, -0.2) is 0 Å². The molecule has 14 heavy (non-hydrogen) atoms. The summed E-state index contributed by atoms with van der Waals surface area (Å²) < 4.78 is 0. The fraction of sp³-hybridized carbons (Fsp3) is 0.909. The summed E-state index contributed by atoms with van der Waals surface area (Å²) in [7, 11) is 0. The molecule has 0 radical (unpaired) electrons. The molecule has 0 rings (SSSR count). The second-order valence-electron chi connectivity index (χ2n) is 4.66. The van der Waals surface area contributed by atoms with Crippen LogP contribution < -0.4 is 5.32 Å². The highest BCUT2D eigenvalue weighted by molar-refractivity contribution is 5.78. The average Bonchev–Trinajstić information content (AvgIpc) is 2.13. The minimum Gasteiger partial charge on any atom is -0.396 e. The van der Waals surface area contributed by atoms with Gasteiger partial charge in [-0.05, 0) is 18.3 Å². The van der Waals surface area contributed by atoms with E-state index in [-0.39, 0.29) is 23.8 Å². The van der Waals surface area contributed by atoms with Crippen LogP contribution in [0.1, 0.15) is 40.5 Å². The molecule has 0 aromatic heterocycles. The Kier molecular flexibility index (Phi) is 5.77. The molecule has 0 aliphatic carbocycles. The lowest BCUT2D eigenvalue weighted by molar-refractivity contribution is -0.125. The van der Waals surface area contributed by atoms with Crippen molar-refractivity contribution in [3.05, 3.63) is 0 Å². The first-order valence-corrected chi connectivity index (χ1v) is 5.31. The van der Waals surface area contributed by atoms with Gasteiger partial charge in [0, 0.05) is 19.1 Å². The van der Waals surface area contributed by atoms with E-state index in [0.717, 1.165) is 6.42 Å². The highest BCUT2D eigenvalue weighted by Gasteiger charge is 2.19.